The Morgan fingerprint density at radius 1 is 1.35 bits per heavy atom. The molecule has 0 spiro atoms. The SMILES string of the molecule is CCCN1CCC(C(C)Nc2ccc(=O)n(C)c2)CC1. The molecule has 0 bridgehead atoms. The molecule has 0 aliphatic carbocycles. The van der Waals surface area contributed by atoms with Gasteiger partial charge in [0.25, 0.3) is 0 Å². The van der Waals surface area contributed by atoms with Crippen molar-refractivity contribution >= 4 is 5.69 Å². The molecule has 1 aromatic heterocycles. The lowest BCUT2D eigenvalue weighted by molar-refractivity contribution is 0.176. The van der Waals surface area contributed by atoms with E-state index in [1.165, 1.54) is 38.9 Å². The zero-order chi connectivity index (χ0) is 14.5. The fourth-order valence-electron chi connectivity index (χ4n) is 3.05. The summed E-state index contributed by atoms with van der Waals surface area (Å²) in [4.78, 5) is 14.0. The van der Waals surface area contributed by atoms with E-state index < -0.39 is 0 Å². The van der Waals surface area contributed by atoms with E-state index in [1.807, 2.05) is 12.3 Å². The molecule has 4 heteroatoms. The lowest BCUT2D eigenvalue weighted by Crippen LogP contribution is -2.39. The van der Waals surface area contributed by atoms with Crippen LogP contribution in [0.1, 0.15) is 33.1 Å². The van der Waals surface area contributed by atoms with Gasteiger partial charge in [0, 0.05) is 25.4 Å². The second-order valence-electron chi connectivity index (χ2n) is 5.98. The van der Waals surface area contributed by atoms with Crippen LogP contribution in [0.25, 0.3) is 0 Å². The van der Waals surface area contributed by atoms with E-state index in [4.69, 9.17) is 0 Å². The van der Waals surface area contributed by atoms with Gasteiger partial charge in [0.15, 0.2) is 0 Å². The van der Waals surface area contributed by atoms with E-state index in [9.17, 15) is 4.79 Å². The number of rotatable bonds is 5. The molecule has 2 heterocycles. The Labute approximate surface area is 121 Å². The molecule has 1 aromatic rings. The first-order valence-corrected chi connectivity index (χ1v) is 7.75. The third kappa shape index (κ3) is 3.85. The molecule has 1 fully saturated rings. The first kappa shape index (κ1) is 15.1. The van der Waals surface area contributed by atoms with Gasteiger partial charge in [-0.15, -0.1) is 0 Å². The summed E-state index contributed by atoms with van der Waals surface area (Å²) in [6, 6.07) is 3.96. The number of nitrogens with one attached hydrogen (secondary N) is 1. The minimum absolute atomic E-state index is 0.0380. The quantitative estimate of drug-likeness (QED) is 0.897. The van der Waals surface area contributed by atoms with Crippen LogP contribution in [-0.4, -0.2) is 35.1 Å². The molecule has 1 unspecified atom stereocenters. The third-order valence-electron chi connectivity index (χ3n) is 4.36. The van der Waals surface area contributed by atoms with E-state index in [0.717, 1.165) is 11.6 Å². The van der Waals surface area contributed by atoms with Crippen molar-refractivity contribution in [3.63, 3.8) is 0 Å². The van der Waals surface area contributed by atoms with Gasteiger partial charge in [0.05, 0.1) is 5.69 Å². The number of hydrogen-bond donors (Lipinski definition) is 1. The molecule has 1 aliphatic rings. The summed E-state index contributed by atoms with van der Waals surface area (Å²) in [5, 5.41) is 3.55. The van der Waals surface area contributed by atoms with E-state index in [-0.39, 0.29) is 5.56 Å². The van der Waals surface area contributed by atoms with Crippen molar-refractivity contribution in [2.45, 2.75) is 39.2 Å². The van der Waals surface area contributed by atoms with E-state index in [0.29, 0.717) is 6.04 Å². The van der Waals surface area contributed by atoms with Crippen LogP contribution in [0.3, 0.4) is 0 Å². The van der Waals surface area contributed by atoms with Crippen molar-refractivity contribution < 1.29 is 0 Å². The Balaban J connectivity index is 1.87. The highest BCUT2D eigenvalue weighted by Gasteiger charge is 2.23. The van der Waals surface area contributed by atoms with Gasteiger partial charge in [-0.1, -0.05) is 6.92 Å². The molecule has 1 aliphatic heterocycles. The van der Waals surface area contributed by atoms with Crippen molar-refractivity contribution in [3.8, 4) is 0 Å². The molecule has 1 N–H and O–H groups in total. The lowest BCUT2D eigenvalue weighted by atomic mass is 9.90. The Morgan fingerprint density at radius 2 is 2.05 bits per heavy atom. The van der Waals surface area contributed by atoms with Gasteiger partial charge in [-0.25, -0.2) is 0 Å². The van der Waals surface area contributed by atoms with Gasteiger partial charge in [-0.05, 0) is 57.8 Å². The predicted octanol–water partition coefficient (Wildman–Crippen LogP) is 2.31. The molecule has 0 aromatic carbocycles. The van der Waals surface area contributed by atoms with Gasteiger partial charge >= 0.3 is 0 Å². The fourth-order valence-corrected chi connectivity index (χ4v) is 3.05. The van der Waals surface area contributed by atoms with Crippen LogP contribution in [0.5, 0.6) is 0 Å². The number of likely N-dealkylation sites (tertiary alicyclic amines) is 1. The molecule has 0 saturated carbocycles. The van der Waals surface area contributed by atoms with Gasteiger partial charge in [-0.3, -0.25) is 4.79 Å². The lowest BCUT2D eigenvalue weighted by Gasteiger charge is -2.35. The Morgan fingerprint density at radius 3 is 2.65 bits per heavy atom. The van der Waals surface area contributed by atoms with Crippen LogP contribution in [0.15, 0.2) is 23.1 Å². The van der Waals surface area contributed by atoms with Crippen molar-refractivity contribution in [2.24, 2.45) is 13.0 Å². The van der Waals surface area contributed by atoms with Gasteiger partial charge in [0.2, 0.25) is 5.56 Å². The van der Waals surface area contributed by atoms with Crippen molar-refractivity contribution in [3.05, 3.63) is 28.7 Å². The zero-order valence-corrected chi connectivity index (χ0v) is 12.9. The molecular weight excluding hydrogens is 250 g/mol. The van der Waals surface area contributed by atoms with Crippen LogP contribution >= 0.6 is 0 Å². The number of aromatic nitrogens is 1. The molecule has 1 saturated heterocycles. The third-order valence-corrected chi connectivity index (χ3v) is 4.36. The molecular formula is C16H27N3O. The normalized spacial score (nSPS) is 18.9. The number of hydrogen-bond acceptors (Lipinski definition) is 3. The second kappa shape index (κ2) is 6.93. The van der Waals surface area contributed by atoms with E-state index in [1.54, 1.807) is 17.7 Å². The summed E-state index contributed by atoms with van der Waals surface area (Å²) in [7, 11) is 1.79. The Kier molecular flexibility index (Phi) is 5.24. The minimum atomic E-state index is 0.0380. The first-order valence-electron chi connectivity index (χ1n) is 7.75. The van der Waals surface area contributed by atoms with Crippen molar-refractivity contribution in [2.75, 3.05) is 25.0 Å². The monoisotopic (exact) mass is 277 g/mol. The van der Waals surface area contributed by atoms with Crippen LogP contribution in [-0.2, 0) is 7.05 Å². The number of piperidine rings is 1. The summed E-state index contributed by atoms with van der Waals surface area (Å²) in [5.74, 6) is 0.723. The van der Waals surface area contributed by atoms with Crippen molar-refractivity contribution in [1.29, 1.82) is 0 Å². The largest absolute Gasteiger partial charge is 0.381 e. The Hall–Kier alpha value is -1.29. The maximum absolute atomic E-state index is 11.4. The standard InChI is InChI=1S/C16H27N3O/c1-4-9-19-10-7-14(8-11-19)13(2)17-15-5-6-16(20)18(3)12-15/h5-6,12-14,17H,4,7-11H2,1-3H3. The van der Waals surface area contributed by atoms with Crippen LogP contribution in [0.2, 0.25) is 0 Å². The maximum Gasteiger partial charge on any atom is 0.250 e. The second-order valence-corrected chi connectivity index (χ2v) is 5.98. The van der Waals surface area contributed by atoms with Gasteiger partial charge in [0.1, 0.15) is 0 Å². The Bertz CT molecular complexity index is 475. The summed E-state index contributed by atoms with van der Waals surface area (Å²) >= 11 is 0. The average Bonchev–Trinajstić information content (AvgIpc) is 2.44. The maximum atomic E-state index is 11.4. The van der Waals surface area contributed by atoms with E-state index >= 15 is 0 Å². The van der Waals surface area contributed by atoms with Crippen LogP contribution in [0.4, 0.5) is 5.69 Å². The van der Waals surface area contributed by atoms with E-state index in [2.05, 4.69) is 24.1 Å². The summed E-state index contributed by atoms with van der Waals surface area (Å²) in [6.07, 6.45) is 5.65. The number of nitrogens with zero attached hydrogens (tertiary/aromatic N) is 2. The smallest absolute Gasteiger partial charge is 0.250 e. The number of aryl methyl sites for hydroxylation is 1. The van der Waals surface area contributed by atoms with Crippen molar-refractivity contribution in [1.82, 2.24) is 9.47 Å². The fraction of sp³-hybridized carbons (Fsp3) is 0.688. The molecule has 1 atom stereocenters. The van der Waals surface area contributed by atoms with Gasteiger partial charge < -0.3 is 14.8 Å². The molecule has 2 rings (SSSR count). The molecule has 112 valence electrons. The highest BCUT2D eigenvalue weighted by atomic mass is 16.1. The van der Waals surface area contributed by atoms with Gasteiger partial charge in [-0.2, -0.15) is 0 Å². The highest BCUT2D eigenvalue weighted by molar-refractivity contribution is 5.41. The summed E-state index contributed by atoms with van der Waals surface area (Å²) in [6.45, 7) is 8.17. The number of pyridine rings is 1. The zero-order valence-electron chi connectivity index (χ0n) is 12.9. The van der Waals surface area contributed by atoms with Crippen LogP contribution in [0, 0.1) is 5.92 Å². The molecule has 20 heavy (non-hydrogen) atoms. The minimum Gasteiger partial charge on any atom is -0.381 e. The number of anilines is 1. The predicted molar refractivity (Wildman–Crippen MR) is 84.2 cm³/mol. The topological polar surface area (TPSA) is 37.3 Å². The first-order chi connectivity index (χ1) is 9.60. The summed E-state index contributed by atoms with van der Waals surface area (Å²) in [5.41, 5.74) is 1.08. The molecule has 0 amide bonds. The molecule has 4 nitrogen and oxygen atoms in total. The highest BCUT2D eigenvalue weighted by Crippen LogP contribution is 2.23. The molecule has 0 radical (unpaired) electrons. The van der Waals surface area contributed by atoms with Crippen LogP contribution < -0.4 is 10.9 Å². The summed E-state index contributed by atoms with van der Waals surface area (Å²) < 4.78 is 1.62. The average molecular weight is 277 g/mol.